The number of aliphatic hydroxyl groups excluding tert-OH is 1. The number of piperidine rings is 1. The van der Waals surface area contributed by atoms with Crippen LogP contribution in [0.15, 0.2) is 24.3 Å². The second kappa shape index (κ2) is 4.52. The standard InChI is InChI=1S/C19H23NO3/c1-3-22-15-7-4-11-10-13-12-5-6-14(21)18-19(12,8-9-20(13)2)16(11)17(15)23-18/h4-7,12-14,18,21H,3,8-10H2,1-2H3. The Labute approximate surface area is 136 Å². The van der Waals surface area contributed by atoms with Gasteiger partial charge in [-0.3, -0.25) is 0 Å². The van der Waals surface area contributed by atoms with Gasteiger partial charge >= 0.3 is 0 Å². The van der Waals surface area contributed by atoms with Crippen LogP contribution in [0.3, 0.4) is 0 Å². The van der Waals surface area contributed by atoms with Crippen LogP contribution in [0.1, 0.15) is 24.5 Å². The number of rotatable bonds is 2. The van der Waals surface area contributed by atoms with Crippen LogP contribution in [-0.4, -0.2) is 48.5 Å². The van der Waals surface area contributed by atoms with Gasteiger partial charge in [0, 0.05) is 22.9 Å². The zero-order valence-electron chi connectivity index (χ0n) is 13.7. The molecule has 4 heteroatoms. The third-order valence-corrected chi connectivity index (χ3v) is 6.43. The van der Waals surface area contributed by atoms with Crippen LogP contribution in [-0.2, 0) is 11.8 Å². The lowest BCUT2D eigenvalue weighted by molar-refractivity contribution is -0.0453. The fourth-order valence-electron chi connectivity index (χ4n) is 5.50. The van der Waals surface area contributed by atoms with Crippen LogP contribution in [0, 0.1) is 5.92 Å². The molecule has 0 saturated carbocycles. The Balaban J connectivity index is 1.78. The molecule has 1 aromatic rings. The Morgan fingerprint density at radius 3 is 3.09 bits per heavy atom. The van der Waals surface area contributed by atoms with Gasteiger partial charge in [-0.25, -0.2) is 0 Å². The molecule has 1 N–H and O–H groups in total. The predicted octanol–water partition coefficient (Wildman–Crippen LogP) is 1.89. The van der Waals surface area contributed by atoms with Crippen molar-refractivity contribution in [3.8, 4) is 11.5 Å². The normalized spacial score (nSPS) is 39.8. The van der Waals surface area contributed by atoms with E-state index < -0.39 is 6.10 Å². The maximum Gasteiger partial charge on any atom is 0.165 e. The highest BCUT2D eigenvalue weighted by molar-refractivity contribution is 5.62. The summed E-state index contributed by atoms with van der Waals surface area (Å²) in [4.78, 5) is 2.48. The highest BCUT2D eigenvalue weighted by Gasteiger charge is 2.64. The second-order valence-corrected chi connectivity index (χ2v) is 7.34. The molecule has 2 heterocycles. The van der Waals surface area contributed by atoms with Gasteiger partial charge in [0.05, 0.1) is 6.61 Å². The molecule has 1 saturated heterocycles. The molecular weight excluding hydrogens is 290 g/mol. The second-order valence-electron chi connectivity index (χ2n) is 7.34. The number of benzene rings is 1. The van der Waals surface area contributed by atoms with Crippen molar-refractivity contribution < 1.29 is 14.6 Å². The molecule has 1 aromatic carbocycles. The average molecular weight is 313 g/mol. The summed E-state index contributed by atoms with van der Waals surface area (Å²) in [5, 5.41) is 10.6. The molecule has 4 aliphatic rings. The fraction of sp³-hybridized carbons (Fsp3) is 0.579. The molecule has 5 atom stereocenters. The van der Waals surface area contributed by atoms with Crippen molar-refractivity contribution in [3.05, 3.63) is 35.4 Å². The molecular formula is C19H23NO3. The maximum absolute atomic E-state index is 10.6. The van der Waals surface area contributed by atoms with E-state index in [1.807, 2.05) is 19.1 Å². The highest BCUT2D eigenvalue weighted by atomic mass is 16.5. The van der Waals surface area contributed by atoms with Gasteiger partial charge in [0.15, 0.2) is 11.5 Å². The Morgan fingerprint density at radius 1 is 1.39 bits per heavy atom. The van der Waals surface area contributed by atoms with Crippen molar-refractivity contribution in [3.63, 3.8) is 0 Å². The molecule has 0 amide bonds. The van der Waals surface area contributed by atoms with Gasteiger partial charge in [-0.1, -0.05) is 18.2 Å². The summed E-state index contributed by atoms with van der Waals surface area (Å²) in [6.45, 7) is 3.68. The molecule has 5 rings (SSSR count). The third-order valence-electron chi connectivity index (χ3n) is 6.43. The number of likely N-dealkylation sites (N-methyl/N-ethyl adjacent to an activating group) is 1. The van der Waals surface area contributed by atoms with E-state index in [-0.39, 0.29) is 11.5 Å². The van der Waals surface area contributed by atoms with Crippen molar-refractivity contribution in [1.29, 1.82) is 0 Å². The summed E-state index contributed by atoms with van der Waals surface area (Å²) in [6, 6.07) is 4.75. The Bertz CT molecular complexity index is 700. The number of aliphatic hydroxyl groups is 1. The lowest BCUT2D eigenvalue weighted by atomic mass is 9.53. The first-order valence-electron chi connectivity index (χ1n) is 8.69. The number of hydrogen-bond acceptors (Lipinski definition) is 4. The van der Waals surface area contributed by atoms with E-state index in [0.717, 1.165) is 30.9 Å². The minimum Gasteiger partial charge on any atom is -0.490 e. The molecule has 0 aromatic heterocycles. The van der Waals surface area contributed by atoms with Crippen molar-refractivity contribution in [1.82, 2.24) is 4.90 Å². The Morgan fingerprint density at radius 2 is 2.26 bits per heavy atom. The van der Waals surface area contributed by atoms with E-state index in [1.165, 1.54) is 11.1 Å². The van der Waals surface area contributed by atoms with E-state index in [2.05, 4.69) is 24.1 Å². The van der Waals surface area contributed by atoms with E-state index >= 15 is 0 Å². The fourth-order valence-corrected chi connectivity index (χ4v) is 5.50. The molecule has 122 valence electrons. The smallest absolute Gasteiger partial charge is 0.165 e. The number of likely N-dealkylation sites (tertiary alicyclic amines) is 1. The predicted molar refractivity (Wildman–Crippen MR) is 87.1 cm³/mol. The monoisotopic (exact) mass is 313 g/mol. The SMILES string of the molecule is CCOc1ccc2c3c1OC1C(O)C=CC4C(C2)N(C)CCC341. The van der Waals surface area contributed by atoms with Gasteiger partial charge in [-0.15, -0.1) is 0 Å². The first-order chi connectivity index (χ1) is 11.2. The molecule has 2 bridgehead atoms. The topological polar surface area (TPSA) is 41.9 Å². The summed E-state index contributed by atoms with van der Waals surface area (Å²) in [5.74, 6) is 2.14. The average Bonchev–Trinajstić information content (AvgIpc) is 2.90. The summed E-state index contributed by atoms with van der Waals surface area (Å²) >= 11 is 0. The van der Waals surface area contributed by atoms with E-state index in [0.29, 0.717) is 18.6 Å². The largest absolute Gasteiger partial charge is 0.490 e. The number of hydrogen-bond donors (Lipinski definition) is 1. The molecule has 2 aliphatic carbocycles. The first kappa shape index (κ1) is 13.9. The summed E-state index contributed by atoms with van der Waals surface area (Å²) in [7, 11) is 2.22. The van der Waals surface area contributed by atoms with Gasteiger partial charge in [-0.2, -0.15) is 0 Å². The van der Waals surface area contributed by atoms with Crippen molar-refractivity contribution in [2.24, 2.45) is 5.92 Å². The number of ether oxygens (including phenoxy) is 2. The van der Waals surface area contributed by atoms with Gasteiger partial charge in [0.1, 0.15) is 12.2 Å². The van der Waals surface area contributed by atoms with Gasteiger partial charge < -0.3 is 19.5 Å². The van der Waals surface area contributed by atoms with Crippen molar-refractivity contribution in [2.75, 3.05) is 20.2 Å². The van der Waals surface area contributed by atoms with E-state index in [1.54, 1.807) is 0 Å². The van der Waals surface area contributed by atoms with Crippen LogP contribution in [0.4, 0.5) is 0 Å². The van der Waals surface area contributed by atoms with Crippen molar-refractivity contribution in [2.45, 2.75) is 43.4 Å². The Hall–Kier alpha value is -1.52. The zero-order valence-corrected chi connectivity index (χ0v) is 13.7. The van der Waals surface area contributed by atoms with Gasteiger partial charge in [0.25, 0.3) is 0 Å². The quantitative estimate of drug-likeness (QED) is 0.847. The maximum atomic E-state index is 10.6. The molecule has 5 unspecified atom stereocenters. The Kier molecular flexibility index (Phi) is 2.73. The third kappa shape index (κ3) is 1.54. The lowest BCUT2D eigenvalue weighted by Gasteiger charge is -2.56. The minimum atomic E-state index is -0.539. The molecule has 4 nitrogen and oxygen atoms in total. The summed E-state index contributed by atoms with van der Waals surface area (Å²) < 4.78 is 12.2. The van der Waals surface area contributed by atoms with Crippen LogP contribution in [0.5, 0.6) is 11.5 Å². The van der Waals surface area contributed by atoms with E-state index in [9.17, 15) is 5.11 Å². The summed E-state index contributed by atoms with van der Waals surface area (Å²) in [5.41, 5.74) is 2.62. The zero-order chi connectivity index (χ0) is 15.8. The molecule has 2 aliphatic heterocycles. The van der Waals surface area contributed by atoms with Crippen LogP contribution >= 0.6 is 0 Å². The van der Waals surface area contributed by atoms with E-state index in [4.69, 9.17) is 9.47 Å². The van der Waals surface area contributed by atoms with Crippen LogP contribution in [0.25, 0.3) is 0 Å². The number of nitrogens with zero attached hydrogens (tertiary/aromatic N) is 1. The summed E-state index contributed by atoms with van der Waals surface area (Å²) in [6.07, 6.45) is 5.56. The minimum absolute atomic E-state index is 0.0820. The molecule has 1 spiro atoms. The molecule has 0 radical (unpaired) electrons. The van der Waals surface area contributed by atoms with Crippen LogP contribution in [0.2, 0.25) is 0 Å². The van der Waals surface area contributed by atoms with Gasteiger partial charge in [0.2, 0.25) is 0 Å². The molecule has 23 heavy (non-hydrogen) atoms. The van der Waals surface area contributed by atoms with Crippen molar-refractivity contribution >= 4 is 0 Å². The first-order valence-corrected chi connectivity index (χ1v) is 8.69. The van der Waals surface area contributed by atoms with Gasteiger partial charge in [-0.05, 0) is 45.0 Å². The molecule has 1 fully saturated rings. The highest BCUT2D eigenvalue weighted by Crippen LogP contribution is 2.62. The lowest BCUT2D eigenvalue weighted by Crippen LogP contribution is -2.64. The van der Waals surface area contributed by atoms with Crippen LogP contribution < -0.4 is 9.47 Å².